The van der Waals surface area contributed by atoms with Gasteiger partial charge < -0.3 is 15.4 Å². The van der Waals surface area contributed by atoms with Gasteiger partial charge in [-0.15, -0.1) is 0 Å². The van der Waals surface area contributed by atoms with Crippen LogP contribution in [0.5, 0.6) is 11.6 Å². The van der Waals surface area contributed by atoms with Crippen molar-refractivity contribution in [2.45, 2.75) is 0 Å². The first kappa shape index (κ1) is 22.5. The molecular weight excluding hydrogens is 460 g/mol. The molecule has 0 aliphatic rings. The maximum absolute atomic E-state index is 13.7. The number of benzene rings is 1. The third kappa shape index (κ3) is 4.66. The highest BCUT2D eigenvalue weighted by atomic mass is 16.5. The van der Waals surface area contributed by atoms with Crippen molar-refractivity contribution in [1.82, 2.24) is 29.3 Å². The molecule has 0 unspecified atom stereocenters. The Bertz CT molecular complexity index is 1640. The molecule has 0 aliphatic heterocycles. The number of fused-ring (bicyclic) bond motifs is 1. The molecule has 1 aromatic carbocycles. The number of anilines is 3. The zero-order valence-electron chi connectivity index (χ0n) is 19.1. The quantitative estimate of drug-likeness (QED) is 0.338. The Labute approximate surface area is 204 Å². The van der Waals surface area contributed by atoms with E-state index in [1.807, 2.05) is 0 Å². The number of amides is 1. The van der Waals surface area contributed by atoms with Crippen molar-refractivity contribution in [3.05, 3.63) is 96.3 Å². The fourth-order valence-electron chi connectivity index (χ4n) is 3.50. The second-order valence-corrected chi connectivity index (χ2v) is 7.66. The van der Waals surface area contributed by atoms with Gasteiger partial charge >= 0.3 is 0 Å². The lowest BCUT2D eigenvalue weighted by Gasteiger charge is -2.14. The Hall–Kier alpha value is -5.32. The summed E-state index contributed by atoms with van der Waals surface area (Å²) in [5, 5.41) is 10.5. The Kier molecular flexibility index (Phi) is 5.93. The summed E-state index contributed by atoms with van der Waals surface area (Å²) in [6.45, 7) is 3.47. The molecule has 0 atom stereocenters. The van der Waals surface area contributed by atoms with Crippen molar-refractivity contribution in [2.75, 3.05) is 10.6 Å². The molecule has 5 aromatic rings. The van der Waals surface area contributed by atoms with Crippen molar-refractivity contribution in [3.8, 4) is 17.3 Å². The highest BCUT2D eigenvalue weighted by Gasteiger charge is 2.16. The SMILES string of the molecule is C=CC(=O)Nc1cccc(-n2c(=O)c(Oc3ccccn3)cc3cnc(Nc4cnn(C)c4)nc32)c1. The topological polar surface area (TPSA) is 129 Å². The van der Waals surface area contributed by atoms with Crippen LogP contribution in [0.15, 0.2) is 90.8 Å². The van der Waals surface area contributed by atoms with Crippen LogP contribution in [0.25, 0.3) is 16.7 Å². The highest BCUT2D eigenvalue weighted by molar-refractivity contribution is 5.99. The molecule has 178 valence electrons. The number of nitrogens with one attached hydrogen (secondary N) is 2. The molecule has 0 saturated heterocycles. The molecule has 0 aliphatic carbocycles. The Morgan fingerprint density at radius 2 is 1.97 bits per heavy atom. The van der Waals surface area contributed by atoms with Crippen molar-refractivity contribution >= 4 is 34.3 Å². The molecule has 11 nitrogen and oxygen atoms in total. The van der Waals surface area contributed by atoms with Crippen LogP contribution in [0.1, 0.15) is 0 Å². The fraction of sp³-hybridized carbons (Fsp3) is 0.0400. The molecule has 0 fully saturated rings. The molecule has 11 heteroatoms. The van der Waals surface area contributed by atoms with Crippen LogP contribution in [-0.4, -0.2) is 35.2 Å². The summed E-state index contributed by atoms with van der Waals surface area (Å²) < 4.78 is 8.85. The van der Waals surface area contributed by atoms with Gasteiger partial charge in [0.15, 0.2) is 11.4 Å². The summed E-state index contributed by atoms with van der Waals surface area (Å²) in [4.78, 5) is 38.6. The summed E-state index contributed by atoms with van der Waals surface area (Å²) in [5.41, 5.74) is 1.50. The largest absolute Gasteiger partial charge is 0.433 e. The summed E-state index contributed by atoms with van der Waals surface area (Å²) in [7, 11) is 1.80. The molecule has 4 aromatic heterocycles. The smallest absolute Gasteiger partial charge is 0.299 e. The lowest BCUT2D eigenvalue weighted by atomic mass is 10.2. The van der Waals surface area contributed by atoms with E-state index in [4.69, 9.17) is 4.74 Å². The summed E-state index contributed by atoms with van der Waals surface area (Å²) in [5.74, 6) is 0.210. The second kappa shape index (κ2) is 9.50. The van der Waals surface area contributed by atoms with E-state index in [2.05, 4.69) is 37.3 Å². The molecule has 1 amide bonds. The van der Waals surface area contributed by atoms with Gasteiger partial charge in [0.05, 0.1) is 17.6 Å². The lowest BCUT2D eigenvalue weighted by molar-refractivity contribution is -0.111. The van der Waals surface area contributed by atoms with E-state index in [0.29, 0.717) is 28.1 Å². The van der Waals surface area contributed by atoms with Crippen molar-refractivity contribution in [3.63, 3.8) is 0 Å². The standard InChI is InChI=1S/C25H20N8O3/c1-3-21(34)29-17-7-6-8-19(12-17)33-23-16(11-20(24(33)35)36-22-9-4-5-10-26-22)13-27-25(31-23)30-18-14-28-32(2)15-18/h3-15H,1H2,2H3,(H,29,34)(H,27,30,31). The molecule has 5 rings (SSSR count). The minimum absolute atomic E-state index is 0.0401. The van der Waals surface area contributed by atoms with E-state index in [1.54, 1.807) is 85.0 Å². The molecule has 0 saturated carbocycles. The third-order valence-corrected chi connectivity index (χ3v) is 5.08. The minimum Gasteiger partial charge on any atom is -0.433 e. The maximum atomic E-state index is 13.7. The molecule has 36 heavy (non-hydrogen) atoms. The first-order valence-corrected chi connectivity index (χ1v) is 10.8. The Morgan fingerprint density at radius 3 is 2.72 bits per heavy atom. The van der Waals surface area contributed by atoms with Gasteiger partial charge in [0.2, 0.25) is 17.7 Å². The van der Waals surface area contributed by atoms with E-state index < -0.39 is 5.56 Å². The number of rotatable bonds is 7. The Morgan fingerprint density at radius 1 is 1.08 bits per heavy atom. The van der Waals surface area contributed by atoms with Crippen LogP contribution in [-0.2, 0) is 11.8 Å². The van der Waals surface area contributed by atoms with Crippen molar-refractivity contribution in [1.29, 1.82) is 0 Å². The second-order valence-electron chi connectivity index (χ2n) is 7.66. The number of aromatic nitrogens is 6. The number of nitrogens with zero attached hydrogens (tertiary/aromatic N) is 6. The lowest BCUT2D eigenvalue weighted by Crippen LogP contribution is -2.21. The fourth-order valence-corrected chi connectivity index (χ4v) is 3.50. The van der Waals surface area contributed by atoms with Crippen LogP contribution in [0.2, 0.25) is 0 Å². The molecule has 0 spiro atoms. The minimum atomic E-state index is -0.466. The number of carbonyl (C=O) groups is 1. The van der Waals surface area contributed by atoms with Gasteiger partial charge in [0, 0.05) is 42.8 Å². The zero-order chi connectivity index (χ0) is 25.1. The van der Waals surface area contributed by atoms with Gasteiger partial charge in [-0.2, -0.15) is 10.1 Å². The van der Waals surface area contributed by atoms with E-state index in [0.717, 1.165) is 0 Å². The monoisotopic (exact) mass is 480 g/mol. The first-order chi connectivity index (χ1) is 17.5. The van der Waals surface area contributed by atoms with Gasteiger partial charge in [0.1, 0.15) is 0 Å². The maximum Gasteiger partial charge on any atom is 0.299 e. The first-order valence-electron chi connectivity index (χ1n) is 10.8. The normalized spacial score (nSPS) is 10.7. The van der Waals surface area contributed by atoms with Gasteiger partial charge in [-0.05, 0) is 36.4 Å². The molecule has 0 radical (unpaired) electrons. The third-order valence-electron chi connectivity index (χ3n) is 5.08. The number of aryl methyl sites for hydroxylation is 1. The highest BCUT2D eigenvalue weighted by Crippen LogP contribution is 2.25. The Balaban J connectivity index is 1.67. The van der Waals surface area contributed by atoms with E-state index in [9.17, 15) is 9.59 Å². The van der Waals surface area contributed by atoms with Crippen molar-refractivity contribution in [2.24, 2.45) is 7.05 Å². The number of pyridine rings is 2. The van der Waals surface area contributed by atoms with Crippen LogP contribution in [0.3, 0.4) is 0 Å². The molecule has 4 heterocycles. The van der Waals surface area contributed by atoms with Crippen LogP contribution in [0, 0.1) is 0 Å². The van der Waals surface area contributed by atoms with Gasteiger partial charge in [0.25, 0.3) is 5.56 Å². The number of hydrogen-bond donors (Lipinski definition) is 2. The van der Waals surface area contributed by atoms with Gasteiger partial charge in [-0.1, -0.05) is 18.7 Å². The average Bonchev–Trinajstić information content (AvgIpc) is 3.29. The molecule has 2 N–H and O–H groups in total. The number of ether oxygens (including phenoxy) is 1. The van der Waals surface area contributed by atoms with Crippen molar-refractivity contribution < 1.29 is 9.53 Å². The van der Waals surface area contributed by atoms with E-state index in [-0.39, 0.29) is 23.5 Å². The van der Waals surface area contributed by atoms with Crippen LogP contribution >= 0.6 is 0 Å². The number of hydrogen-bond acceptors (Lipinski definition) is 8. The van der Waals surface area contributed by atoms with Gasteiger partial charge in [-0.25, -0.2) is 9.97 Å². The predicted molar refractivity (Wildman–Crippen MR) is 135 cm³/mol. The van der Waals surface area contributed by atoms with Crippen LogP contribution < -0.4 is 20.9 Å². The zero-order valence-corrected chi connectivity index (χ0v) is 19.1. The summed E-state index contributed by atoms with van der Waals surface area (Å²) in [6, 6.07) is 13.5. The number of carbonyl (C=O) groups excluding carboxylic acids is 1. The summed E-state index contributed by atoms with van der Waals surface area (Å²) in [6.07, 6.45) is 7.73. The summed E-state index contributed by atoms with van der Waals surface area (Å²) >= 11 is 0. The van der Waals surface area contributed by atoms with Gasteiger partial charge in [-0.3, -0.25) is 18.8 Å². The molecule has 0 bridgehead atoms. The average molecular weight is 480 g/mol. The van der Waals surface area contributed by atoms with Crippen LogP contribution in [0.4, 0.5) is 17.3 Å². The van der Waals surface area contributed by atoms with E-state index >= 15 is 0 Å². The molecular formula is C25H20N8O3. The predicted octanol–water partition coefficient (Wildman–Crippen LogP) is 3.57. The van der Waals surface area contributed by atoms with E-state index in [1.165, 1.54) is 10.6 Å².